The van der Waals surface area contributed by atoms with E-state index in [1.54, 1.807) is 24.0 Å². The van der Waals surface area contributed by atoms with E-state index in [1.807, 2.05) is 31.2 Å². The zero-order chi connectivity index (χ0) is 21.9. The Morgan fingerprint density at radius 1 is 1.07 bits per heavy atom. The van der Waals surface area contributed by atoms with Crippen molar-refractivity contribution in [2.75, 3.05) is 48.7 Å². The molecular formula is C22H29N3O4S. The lowest BCUT2D eigenvalue weighted by Crippen LogP contribution is -2.55. The van der Waals surface area contributed by atoms with Gasteiger partial charge in [-0.1, -0.05) is 24.3 Å². The molecule has 1 heterocycles. The molecule has 1 amide bonds. The number of methoxy groups -OCH3 is 1. The van der Waals surface area contributed by atoms with Crippen molar-refractivity contribution in [1.82, 2.24) is 4.90 Å². The zero-order valence-corrected chi connectivity index (χ0v) is 18.7. The van der Waals surface area contributed by atoms with Crippen LogP contribution in [0.2, 0.25) is 0 Å². The average molecular weight is 432 g/mol. The molecule has 1 unspecified atom stereocenters. The van der Waals surface area contributed by atoms with Crippen molar-refractivity contribution in [2.24, 2.45) is 0 Å². The number of sulfonamides is 1. The van der Waals surface area contributed by atoms with Crippen LogP contribution in [0.15, 0.2) is 48.5 Å². The van der Waals surface area contributed by atoms with Gasteiger partial charge in [0.2, 0.25) is 15.9 Å². The van der Waals surface area contributed by atoms with Crippen LogP contribution in [0.5, 0.6) is 5.75 Å². The minimum Gasteiger partial charge on any atom is -0.495 e. The Labute approximate surface area is 178 Å². The summed E-state index contributed by atoms with van der Waals surface area (Å²) in [4.78, 5) is 17.2. The van der Waals surface area contributed by atoms with Gasteiger partial charge in [0.25, 0.3) is 0 Å². The maximum atomic E-state index is 13.2. The van der Waals surface area contributed by atoms with Crippen LogP contribution in [0, 0.1) is 6.92 Å². The Kier molecular flexibility index (Phi) is 6.55. The average Bonchev–Trinajstić information content (AvgIpc) is 2.73. The number of aryl methyl sites for hydroxylation is 1. The number of hydrogen-bond donors (Lipinski definition) is 0. The van der Waals surface area contributed by atoms with E-state index in [2.05, 4.69) is 17.0 Å². The van der Waals surface area contributed by atoms with E-state index in [0.717, 1.165) is 17.5 Å². The van der Waals surface area contributed by atoms with Crippen molar-refractivity contribution in [1.29, 1.82) is 0 Å². The third kappa shape index (κ3) is 4.70. The molecule has 1 fully saturated rings. The molecule has 3 rings (SSSR count). The molecular weight excluding hydrogens is 402 g/mol. The van der Waals surface area contributed by atoms with Gasteiger partial charge in [0.15, 0.2) is 0 Å². The fourth-order valence-corrected chi connectivity index (χ4v) is 5.00. The van der Waals surface area contributed by atoms with Crippen molar-refractivity contribution < 1.29 is 17.9 Å². The predicted molar refractivity (Wildman–Crippen MR) is 120 cm³/mol. The monoisotopic (exact) mass is 431 g/mol. The number of para-hydroxylation sites is 1. The summed E-state index contributed by atoms with van der Waals surface area (Å²) in [6.45, 7) is 6.00. The molecule has 8 heteroatoms. The topological polar surface area (TPSA) is 70.2 Å². The molecule has 0 radical (unpaired) electrons. The Hall–Kier alpha value is -2.74. The SMILES string of the molecule is COc1ccc(C)cc1N(C(C)C(=O)N1CCN(c2ccccc2)CC1)S(C)(=O)=O. The van der Waals surface area contributed by atoms with Crippen LogP contribution >= 0.6 is 0 Å². The molecule has 1 saturated heterocycles. The van der Waals surface area contributed by atoms with Gasteiger partial charge in [-0.25, -0.2) is 8.42 Å². The molecule has 2 aromatic carbocycles. The van der Waals surface area contributed by atoms with Crippen molar-refractivity contribution in [3.05, 3.63) is 54.1 Å². The highest BCUT2D eigenvalue weighted by Gasteiger charge is 2.34. The molecule has 0 N–H and O–H groups in total. The summed E-state index contributed by atoms with van der Waals surface area (Å²) in [5.74, 6) is 0.205. The van der Waals surface area contributed by atoms with Crippen molar-refractivity contribution in [2.45, 2.75) is 19.9 Å². The van der Waals surface area contributed by atoms with Gasteiger partial charge in [0, 0.05) is 31.9 Å². The first-order chi connectivity index (χ1) is 14.2. The standard InChI is InChI=1S/C22H29N3O4S/c1-17-10-11-21(29-3)20(16-17)25(30(4,27)28)18(2)22(26)24-14-12-23(13-15-24)19-8-6-5-7-9-19/h5-11,16,18H,12-15H2,1-4H3. The number of rotatable bonds is 6. The molecule has 2 aromatic rings. The lowest BCUT2D eigenvalue weighted by atomic mass is 10.1. The van der Waals surface area contributed by atoms with Gasteiger partial charge in [0.05, 0.1) is 19.1 Å². The van der Waals surface area contributed by atoms with E-state index in [9.17, 15) is 13.2 Å². The Morgan fingerprint density at radius 2 is 1.70 bits per heavy atom. The van der Waals surface area contributed by atoms with Gasteiger partial charge in [0.1, 0.15) is 11.8 Å². The van der Waals surface area contributed by atoms with Gasteiger partial charge in [-0.3, -0.25) is 9.10 Å². The number of carbonyl (C=O) groups excluding carboxylic acids is 1. The highest BCUT2D eigenvalue weighted by molar-refractivity contribution is 7.92. The number of amides is 1. The molecule has 30 heavy (non-hydrogen) atoms. The second-order valence-electron chi connectivity index (χ2n) is 7.56. The Morgan fingerprint density at radius 3 is 2.27 bits per heavy atom. The summed E-state index contributed by atoms with van der Waals surface area (Å²) in [7, 11) is -2.22. The first-order valence-electron chi connectivity index (χ1n) is 9.95. The molecule has 0 aromatic heterocycles. The van der Waals surface area contributed by atoms with E-state index in [4.69, 9.17) is 4.74 Å². The fraction of sp³-hybridized carbons (Fsp3) is 0.409. The van der Waals surface area contributed by atoms with Gasteiger partial charge in [-0.05, 0) is 43.7 Å². The lowest BCUT2D eigenvalue weighted by molar-refractivity contribution is -0.132. The summed E-state index contributed by atoms with van der Waals surface area (Å²) in [6.07, 6.45) is 1.12. The molecule has 1 aliphatic rings. The van der Waals surface area contributed by atoms with E-state index < -0.39 is 16.1 Å². The second kappa shape index (κ2) is 8.95. The molecule has 0 saturated carbocycles. The third-order valence-corrected chi connectivity index (χ3v) is 6.58. The Bertz CT molecular complexity index is 987. The van der Waals surface area contributed by atoms with Crippen LogP contribution in [0.1, 0.15) is 12.5 Å². The quantitative estimate of drug-likeness (QED) is 0.703. The smallest absolute Gasteiger partial charge is 0.246 e. The van der Waals surface area contributed by atoms with Crippen LogP contribution in [0.4, 0.5) is 11.4 Å². The highest BCUT2D eigenvalue weighted by atomic mass is 32.2. The maximum Gasteiger partial charge on any atom is 0.246 e. The Balaban J connectivity index is 1.80. The number of piperazine rings is 1. The molecule has 0 bridgehead atoms. The summed E-state index contributed by atoms with van der Waals surface area (Å²) < 4.78 is 31.9. The van der Waals surface area contributed by atoms with Crippen LogP contribution in [0.3, 0.4) is 0 Å². The predicted octanol–water partition coefficient (Wildman–Crippen LogP) is 2.51. The number of ether oxygens (including phenoxy) is 1. The van der Waals surface area contributed by atoms with Crippen molar-refractivity contribution in [3.8, 4) is 5.75 Å². The molecule has 0 aliphatic carbocycles. The van der Waals surface area contributed by atoms with Gasteiger partial charge in [-0.2, -0.15) is 0 Å². The van der Waals surface area contributed by atoms with Crippen LogP contribution < -0.4 is 13.9 Å². The van der Waals surface area contributed by atoms with E-state index in [-0.39, 0.29) is 5.91 Å². The fourth-order valence-electron chi connectivity index (χ4n) is 3.84. The second-order valence-corrected chi connectivity index (χ2v) is 9.42. The number of hydrogen-bond acceptors (Lipinski definition) is 5. The van der Waals surface area contributed by atoms with E-state index in [0.29, 0.717) is 37.6 Å². The minimum atomic E-state index is -3.71. The number of carbonyl (C=O) groups is 1. The third-order valence-electron chi connectivity index (χ3n) is 5.35. The normalized spacial score (nSPS) is 15.6. The minimum absolute atomic E-state index is 0.211. The summed E-state index contributed by atoms with van der Waals surface area (Å²) in [5.41, 5.74) is 2.39. The van der Waals surface area contributed by atoms with Crippen molar-refractivity contribution >= 4 is 27.3 Å². The number of nitrogens with zero attached hydrogens (tertiary/aromatic N) is 3. The lowest BCUT2D eigenvalue weighted by Gasteiger charge is -2.39. The molecule has 1 aliphatic heterocycles. The van der Waals surface area contributed by atoms with Gasteiger partial charge >= 0.3 is 0 Å². The molecule has 162 valence electrons. The molecule has 1 atom stereocenters. The van der Waals surface area contributed by atoms with E-state index in [1.165, 1.54) is 11.4 Å². The summed E-state index contributed by atoms with van der Waals surface area (Å²) in [5, 5.41) is 0. The molecule has 0 spiro atoms. The molecule has 7 nitrogen and oxygen atoms in total. The number of anilines is 2. The van der Waals surface area contributed by atoms with Gasteiger partial charge < -0.3 is 14.5 Å². The number of benzene rings is 2. The van der Waals surface area contributed by atoms with Crippen LogP contribution in [-0.2, 0) is 14.8 Å². The van der Waals surface area contributed by atoms with Gasteiger partial charge in [-0.15, -0.1) is 0 Å². The van der Waals surface area contributed by atoms with Crippen molar-refractivity contribution in [3.63, 3.8) is 0 Å². The summed E-state index contributed by atoms with van der Waals surface area (Å²) in [6, 6.07) is 14.5. The zero-order valence-electron chi connectivity index (χ0n) is 17.9. The first-order valence-corrected chi connectivity index (χ1v) is 11.8. The van der Waals surface area contributed by atoms with E-state index >= 15 is 0 Å². The summed E-state index contributed by atoms with van der Waals surface area (Å²) >= 11 is 0. The maximum absolute atomic E-state index is 13.2. The first kappa shape index (κ1) is 22.0. The van der Waals surface area contributed by atoms with Crippen LogP contribution in [-0.4, -0.2) is 64.8 Å². The van der Waals surface area contributed by atoms with Crippen LogP contribution in [0.25, 0.3) is 0 Å². The highest BCUT2D eigenvalue weighted by Crippen LogP contribution is 2.33. The largest absolute Gasteiger partial charge is 0.495 e.